The van der Waals surface area contributed by atoms with Gasteiger partial charge < -0.3 is 29.8 Å². The lowest BCUT2D eigenvalue weighted by Gasteiger charge is -2.30. The number of carbonyl (C=O) groups is 3. The Labute approximate surface area is 288 Å². The van der Waals surface area contributed by atoms with Crippen LogP contribution < -0.4 is 25.7 Å². The van der Waals surface area contributed by atoms with Crippen molar-refractivity contribution in [3.8, 4) is 11.5 Å². The molecule has 11 heteroatoms. The van der Waals surface area contributed by atoms with Gasteiger partial charge in [-0.3, -0.25) is 19.4 Å². The van der Waals surface area contributed by atoms with Crippen LogP contribution in [-0.4, -0.2) is 72.9 Å². The number of carbonyl (C=O) groups excluding carboxylic acids is 3. The average molecular weight is 670 g/mol. The molecule has 2 aromatic rings. The van der Waals surface area contributed by atoms with Gasteiger partial charge in [0.1, 0.15) is 29.5 Å². The van der Waals surface area contributed by atoms with E-state index in [0.717, 1.165) is 31.4 Å². The van der Waals surface area contributed by atoms with Crippen LogP contribution in [0.1, 0.15) is 51.9 Å². The molecule has 3 amide bonds. The Balaban J connectivity index is 1.43. The quantitative estimate of drug-likeness (QED) is 0.111. The molecule has 0 aromatic heterocycles. The largest absolute Gasteiger partial charge is 0.497 e. The van der Waals surface area contributed by atoms with Gasteiger partial charge in [0.2, 0.25) is 17.7 Å². The Morgan fingerprint density at radius 2 is 1.90 bits per heavy atom. The number of hydroxylamine groups is 1. The van der Waals surface area contributed by atoms with Crippen LogP contribution in [0.2, 0.25) is 0 Å². The third-order valence-electron chi connectivity index (χ3n) is 9.18. The molecule has 2 aromatic carbocycles. The molecule has 1 saturated carbocycles. The number of amides is 3. The zero-order valence-electron chi connectivity index (χ0n) is 28.5. The molecule has 2 aliphatic heterocycles. The fourth-order valence-corrected chi connectivity index (χ4v) is 6.47. The van der Waals surface area contributed by atoms with Crippen LogP contribution in [-0.2, 0) is 19.1 Å². The zero-order valence-corrected chi connectivity index (χ0v) is 28.5. The van der Waals surface area contributed by atoms with Gasteiger partial charge in [-0.2, -0.15) is 5.48 Å². The van der Waals surface area contributed by atoms with Crippen LogP contribution in [0.3, 0.4) is 0 Å². The molecule has 260 valence electrons. The van der Waals surface area contributed by atoms with Crippen LogP contribution in [0.15, 0.2) is 96.0 Å². The average Bonchev–Trinajstić information content (AvgIpc) is 3.64. The molecule has 2 heterocycles. The summed E-state index contributed by atoms with van der Waals surface area (Å²) in [5.41, 5.74) is 2.66. The molecule has 3 aliphatic rings. The number of hydrogen-bond donors (Lipinski definition) is 3. The van der Waals surface area contributed by atoms with E-state index in [1.165, 1.54) is 0 Å². The van der Waals surface area contributed by atoms with Gasteiger partial charge in [0, 0.05) is 36.7 Å². The molecule has 0 unspecified atom stereocenters. The molecule has 0 bridgehead atoms. The monoisotopic (exact) mass is 669 g/mol. The van der Waals surface area contributed by atoms with Crippen molar-refractivity contribution in [2.24, 2.45) is 10.9 Å². The molecule has 1 aliphatic carbocycles. The first kappa shape index (κ1) is 35.3. The van der Waals surface area contributed by atoms with E-state index in [9.17, 15) is 14.4 Å². The number of methoxy groups -OCH3 is 1. The van der Waals surface area contributed by atoms with Crippen molar-refractivity contribution >= 4 is 29.3 Å². The lowest BCUT2D eigenvalue weighted by atomic mass is 10.0. The van der Waals surface area contributed by atoms with Crippen molar-refractivity contribution in [3.05, 3.63) is 91.1 Å². The van der Waals surface area contributed by atoms with Crippen molar-refractivity contribution in [3.63, 3.8) is 0 Å². The van der Waals surface area contributed by atoms with E-state index in [1.54, 1.807) is 49.4 Å². The molecule has 0 radical (unpaired) electrons. The molecular weight excluding hydrogens is 622 g/mol. The summed E-state index contributed by atoms with van der Waals surface area (Å²) in [5, 5.41) is 6.46. The van der Waals surface area contributed by atoms with E-state index < -0.39 is 35.5 Å². The van der Waals surface area contributed by atoms with Crippen LogP contribution in [0, 0.1) is 5.92 Å². The number of anilines is 1. The molecule has 2 fully saturated rings. The number of nitrogens with zero attached hydrogens (tertiary/aromatic N) is 2. The summed E-state index contributed by atoms with van der Waals surface area (Å²) in [6.07, 6.45) is 11.9. The normalized spacial score (nSPS) is 26.7. The number of fused-ring (bicyclic) bond motifs is 2. The van der Waals surface area contributed by atoms with E-state index in [1.807, 2.05) is 49.4 Å². The van der Waals surface area contributed by atoms with Gasteiger partial charge in [-0.25, -0.2) is 0 Å². The number of ether oxygens (including phenoxy) is 2. The summed E-state index contributed by atoms with van der Waals surface area (Å²) in [6, 6.07) is 14.9. The fraction of sp³-hybridized carbons (Fsp3) is 0.421. The number of allylic oxidation sites excluding steroid dienone is 2. The first-order valence-corrected chi connectivity index (χ1v) is 17.0. The molecule has 49 heavy (non-hydrogen) atoms. The maximum Gasteiger partial charge on any atom is 0.278 e. The number of hydrogen-bond acceptors (Lipinski definition) is 8. The number of aliphatic imine (C=N–C) groups is 1. The minimum atomic E-state index is -1.22. The second-order valence-corrected chi connectivity index (χ2v) is 12.6. The van der Waals surface area contributed by atoms with Crippen molar-refractivity contribution in [2.45, 2.75) is 75.6 Å². The van der Waals surface area contributed by atoms with Crippen molar-refractivity contribution in [2.75, 3.05) is 26.0 Å². The Morgan fingerprint density at radius 1 is 1.10 bits per heavy atom. The van der Waals surface area contributed by atoms with Crippen LogP contribution in [0.4, 0.5) is 5.69 Å². The highest BCUT2D eigenvalue weighted by molar-refractivity contribution is 5.99. The SMILES string of the molecule is C=C(/C=C\C)/C(=N\C)O[C@@H]1C[C@H]2C(=O)N[C@]3(C(=O)NOc4ccccc4)C[C@H]3/C=C\CCCCC[C@H](Nc3cccc(OC)c3)C(=O)N2C1. The zero-order chi connectivity index (χ0) is 34.8. The fourth-order valence-electron chi connectivity index (χ4n) is 6.47. The predicted octanol–water partition coefficient (Wildman–Crippen LogP) is 5.13. The summed E-state index contributed by atoms with van der Waals surface area (Å²) in [7, 11) is 3.21. The van der Waals surface area contributed by atoms with Crippen LogP contribution in [0.5, 0.6) is 11.5 Å². The Morgan fingerprint density at radius 3 is 2.65 bits per heavy atom. The Hall–Kier alpha value is -5.06. The van der Waals surface area contributed by atoms with Crippen molar-refractivity contribution < 1.29 is 28.7 Å². The van der Waals surface area contributed by atoms with Crippen molar-refractivity contribution in [1.82, 2.24) is 15.7 Å². The van der Waals surface area contributed by atoms with Gasteiger partial charge in [0.05, 0.1) is 13.7 Å². The third-order valence-corrected chi connectivity index (χ3v) is 9.18. The van der Waals surface area contributed by atoms with E-state index in [4.69, 9.17) is 14.3 Å². The summed E-state index contributed by atoms with van der Waals surface area (Å²) >= 11 is 0. The lowest BCUT2D eigenvalue weighted by Crippen LogP contribution is -2.57. The number of benzene rings is 2. The maximum absolute atomic E-state index is 14.5. The molecule has 5 atom stereocenters. The second kappa shape index (κ2) is 16.4. The van der Waals surface area contributed by atoms with E-state index >= 15 is 0 Å². The highest BCUT2D eigenvalue weighted by Gasteiger charge is 2.61. The Kier molecular flexibility index (Phi) is 11.8. The summed E-state index contributed by atoms with van der Waals surface area (Å²) < 4.78 is 11.7. The number of para-hydroxylation sites is 1. The highest BCUT2D eigenvalue weighted by Crippen LogP contribution is 2.45. The minimum Gasteiger partial charge on any atom is -0.497 e. The van der Waals surface area contributed by atoms with Gasteiger partial charge in [-0.15, -0.1) is 0 Å². The molecular formula is C38H47N5O6. The first-order valence-electron chi connectivity index (χ1n) is 17.0. The first-order chi connectivity index (χ1) is 23.8. The molecule has 1 saturated heterocycles. The van der Waals surface area contributed by atoms with Crippen LogP contribution >= 0.6 is 0 Å². The van der Waals surface area contributed by atoms with Crippen molar-refractivity contribution in [1.29, 1.82) is 0 Å². The topological polar surface area (TPSA) is 131 Å². The summed E-state index contributed by atoms with van der Waals surface area (Å²) in [4.78, 5) is 53.9. The molecule has 5 rings (SSSR count). The number of nitrogens with one attached hydrogen (secondary N) is 3. The summed E-state index contributed by atoms with van der Waals surface area (Å²) in [6.45, 7) is 6.09. The lowest BCUT2D eigenvalue weighted by molar-refractivity contribution is -0.141. The minimum absolute atomic E-state index is 0.162. The van der Waals surface area contributed by atoms with Gasteiger partial charge in [-0.1, -0.05) is 68.0 Å². The van der Waals surface area contributed by atoms with Gasteiger partial charge in [0.15, 0.2) is 5.75 Å². The van der Waals surface area contributed by atoms with E-state index in [0.29, 0.717) is 35.8 Å². The smallest absolute Gasteiger partial charge is 0.278 e. The second-order valence-electron chi connectivity index (χ2n) is 12.6. The summed E-state index contributed by atoms with van der Waals surface area (Å²) in [5.74, 6) is 0.159. The van der Waals surface area contributed by atoms with Gasteiger partial charge >= 0.3 is 0 Å². The predicted molar refractivity (Wildman–Crippen MR) is 189 cm³/mol. The van der Waals surface area contributed by atoms with Gasteiger partial charge in [0.25, 0.3) is 5.91 Å². The molecule has 3 N–H and O–H groups in total. The highest BCUT2D eigenvalue weighted by atomic mass is 16.7. The maximum atomic E-state index is 14.5. The van der Waals surface area contributed by atoms with Gasteiger partial charge in [-0.05, 0) is 56.9 Å². The molecule has 11 nitrogen and oxygen atoms in total. The number of rotatable bonds is 9. The van der Waals surface area contributed by atoms with E-state index in [-0.39, 0.29) is 24.8 Å². The Bertz CT molecular complexity index is 1590. The standard InChI is InChI=1S/C38H47N5O6/c1-5-15-26(2)35(39-3)48-31-23-33-34(44)41-38(37(46)42-49-29-18-11-9-12-19-29)24-27(38)16-10-7-6-8-13-21-32(36(45)43(33)25-31)40-28-17-14-20-30(22-28)47-4/h5,9-12,14-20,22,27,31-33,40H,2,6-8,13,21,23-25H2,1,3-4H3,(H,41,44)(H,42,46)/b15-5-,16-10-,39-35+/t27-,31-,32+,33+,38-/m1/s1. The van der Waals surface area contributed by atoms with Crippen LogP contribution in [0.25, 0.3) is 0 Å². The van der Waals surface area contributed by atoms with E-state index in [2.05, 4.69) is 33.8 Å². The third kappa shape index (κ3) is 8.70. The molecule has 0 spiro atoms.